The summed E-state index contributed by atoms with van der Waals surface area (Å²) in [7, 11) is -2.95. The van der Waals surface area contributed by atoms with Crippen molar-refractivity contribution in [3.63, 3.8) is 0 Å². The Kier molecular flexibility index (Phi) is 6.70. The van der Waals surface area contributed by atoms with Crippen molar-refractivity contribution in [1.82, 2.24) is 5.32 Å². The third kappa shape index (κ3) is 5.63. The minimum absolute atomic E-state index is 0.0727. The van der Waals surface area contributed by atoms with Gasteiger partial charge >= 0.3 is 0 Å². The molecule has 1 aromatic rings. The van der Waals surface area contributed by atoms with Crippen molar-refractivity contribution in [2.45, 2.75) is 39.7 Å². The van der Waals surface area contributed by atoms with Gasteiger partial charge in [-0.05, 0) is 50.8 Å². The van der Waals surface area contributed by atoms with Gasteiger partial charge < -0.3 is 14.8 Å². The van der Waals surface area contributed by atoms with Crippen LogP contribution in [0.25, 0.3) is 0 Å². The summed E-state index contributed by atoms with van der Waals surface area (Å²) in [5, 5.41) is 2.94. The summed E-state index contributed by atoms with van der Waals surface area (Å²) in [5.74, 6) is 1.45. The summed E-state index contributed by atoms with van der Waals surface area (Å²) < 4.78 is 34.1. The Labute approximate surface area is 149 Å². The van der Waals surface area contributed by atoms with Crippen LogP contribution in [-0.4, -0.2) is 39.0 Å². The first-order valence-electron chi connectivity index (χ1n) is 8.74. The fraction of sp³-hybridized carbons (Fsp3) is 0.611. The van der Waals surface area contributed by atoms with Crippen LogP contribution in [0.15, 0.2) is 18.2 Å². The van der Waals surface area contributed by atoms with Gasteiger partial charge in [-0.2, -0.15) is 0 Å². The highest BCUT2D eigenvalue weighted by Crippen LogP contribution is 2.31. The topological polar surface area (TPSA) is 81.7 Å². The largest absolute Gasteiger partial charge is 0.490 e. The van der Waals surface area contributed by atoms with Gasteiger partial charge in [0.05, 0.1) is 30.8 Å². The lowest BCUT2D eigenvalue weighted by Gasteiger charge is -2.18. The Balaban J connectivity index is 1.98. The van der Waals surface area contributed by atoms with E-state index in [1.807, 2.05) is 39.0 Å². The lowest BCUT2D eigenvalue weighted by molar-refractivity contribution is -0.122. The van der Waals surface area contributed by atoms with E-state index < -0.39 is 9.84 Å². The molecule has 0 unspecified atom stereocenters. The third-order valence-corrected chi connectivity index (χ3v) is 6.08. The molecule has 0 bridgehead atoms. The highest BCUT2D eigenvalue weighted by Gasteiger charge is 2.29. The normalized spacial score (nSPS) is 20.0. The number of carbonyl (C=O) groups excluding carboxylic acids is 1. The number of hydrogen-bond acceptors (Lipinski definition) is 5. The summed E-state index contributed by atoms with van der Waals surface area (Å²) in [4.78, 5) is 12.2. The van der Waals surface area contributed by atoms with Gasteiger partial charge in [0.25, 0.3) is 0 Å². The SMILES string of the molecule is CCOc1ccc([C@H](C)NC(=O)C[C@H]2CCS(=O)(=O)C2)cc1OCC. The maximum absolute atomic E-state index is 12.2. The summed E-state index contributed by atoms with van der Waals surface area (Å²) >= 11 is 0. The van der Waals surface area contributed by atoms with Gasteiger partial charge in [-0.25, -0.2) is 8.42 Å². The standard InChI is InChI=1S/C18H27NO5S/c1-4-23-16-7-6-15(11-17(16)24-5-2)13(3)19-18(20)10-14-8-9-25(21,22)12-14/h6-7,11,13-14H,4-5,8-10,12H2,1-3H3,(H,19,20)/t13-,14+/m0/s1. The predicted molar refractivity (Wildman–Crippen MR) is 96.7 cm³/mol. The fourth-order valence-electron chi connectivity index (χ4n) is 3.02. The Bertz CT molecular complexity index is 701. The molecule has 1 fully saturated rings. The van der Waals surface area contributed by atoms with E-state index in [-0.39, 0.29) is 35.8 Å². The van der Waals surface area contributed by atoms with Crippen molar-refractivity contribution < 1.29 is 22.7 Å². The van der Waals surface area contributed by atoms with Crippen LogP contribution in [0.5, 0.6) is 11.5 Å². The number of amides is 1. The van der Waals surface area contributed by atoms with Crippen LogP contribution in [0.1, 0.15) is 45.2 Å². The molecule has 2 atom stereocenters. The van der Waals surface area contributed by atoms with Crippen molar-refractivity contribution in [1.29, 1.82) is 0 Å². The number of carbonyl (C=O) groups is 1. The molecule has 0 spiro atoms. The fourth-order valence-corrected chi connectivity index (χ4v) is 4.88. The average Bonchev–Trinajstić information content (AvgIpc) is 2.87. The van der Waals surface area contributed by atoms with E-state index in [9.17, 15) is 13.2 Å². The first kappa shape index (κ1) is 19.6. The molecule has 2 rings (SSSR count). The van der Waals surface area contributed by atoms with Crippen LogP contribution in [0, 0.1) is 5.92 Å². The molecule has 7 heteroatoms. The number of ether oxygens (including phenoxy) is 2. The van der Waals surface area contributed by atoms with Gasteiger partial charge in [0.2, 0.25) is 5.91 Å². The molecule has 0 aliphatic carbocycles. The first-order chi connectivity index (χ1) is 11.8. The van der Waals surface area contributed by atoms with E-state index in [1.54, 1.807) is 0 Å². The van der Waals surface area contributed by atoms with Crippen LogP contribution in [0.4, 0.5) is 0 Å². The third-order valence-electron chi connectivity index (χ3n) is 4.25. The van der Waals surface area contributed by atoms with Crippen LogP contribution >= 0.6 is 0 Å². The summed E-state index contributed by atoms with van der Waals surface area (Å²) in [5.41, 5.74) is 0.916. The monoisotopic (exact) mass is 369 g/mol. The molecular formula is C18H27NO5S. The number of sulfone groups is 1. The number of rotatable bonds is 8. The second-order valence-corrected chi connectivity index (χ2v) is 8.56. The second-order valence-electron chi connectivity index (χ2n) is 6.33. The molecule has 1 aliphatic heterocycles. The molecular weight excluding hydrogens is 342 g/mol. The van der Waals surface area contributed by atoms with Gasteiger partial charge in [-0.3, -0.25) is 4.79 Å². The van der Waals surface area contributed by atoms with Gasteiger partial charge in [0.15, 0.2) is 21.3 Å². The molecule has 1 amide bonds. The van der Waals surface area contributed by atoms with E-state index in [0.29, 0.717) is 31.1 Å². The molecule has 1 aromatic carbocycles. The molecule has 1 heterocycles. The Morgan fingerprint density at radius 1 is 1.24 bits per heavy atom. The molecule has 0 radical (unpaired) electrons. The lowest BCUT2D eigenvalue weighted by Crippen LogP contribution is -2.28. The van der Waals surface area contributed by atoms with Crippen LogP contribution < -0.4 is 14.8 Å². The molecule has 1 saturated heterocycles. The maximum atomic E-state index is 12.2. The van der Waals surface area contributed by atoms with E-state index >= 15 is 0 Å². The lowest BCUT2D eigenvalue weighted by atomic mass is 10.0. The van der Waals surface area contributed by atoms with E-state index in [4.69, 9.17) is 9.47 Å². The molecule has 0 saturated carbocycles. The van der Waals surface area contributed by atoms with Gasteiger partial charge in [-0.15, -0.1) is 0 Å². The maximum Gasteiger partial charge on any atom is 0.220 e. The van der Waals surface area contributed by atoms with Crippen LogP contribution in [0.2, 0.25) is 0 Å². The summed E-state index contributed by atoms with van der Waals surface area (Å²) in [6, 6.07) is 5.42. The zero-order valence-corrected chi connectivity index (χ0v) is 15.9. The number of benzene rings is 1. The molecule has 1 aliphatic rings. The molecule has 6 nitrogen and oxygen atoms in total. The zero-order chi connectivity index (χ0) is 18.4. The van der Waals surface area contributed by atoms with E-state index in [0.717, 1.165) is 5.56 Å². The number of hydrogen-bond donors (Lipinski definition) is 1. The Morgan fingerprint density at radius 2 is 1.92 bits per heavy atom. The van der Waals surface area contributed by atoms with Crippen molar-refractivity contribution in [2.75, 3.05) is 24.7 Å². The van der Waals surface area contributed by atoms with E-state index in [2.05, 4.69) is 5.32 Å². The van der Waals surface area contributed by atoms with E-state index in [1.165, 1.54) is 0 Å². The quantitative estimate of drug-likeness (QED) is 0.761. The zero-order valence-electron chi connectivity index (χ0n) is 15.1. The molecule has 0 aromatic heterocycles. The molecule has 25 heavy (non-hydrogen) atoms. The van der Waals surface area contributed by atoms with Gasteiger partial charge in [0.1, 0.15) is 0 Å². The minimum Gasteiger partial charge on any atom is -0.490 e. The average molecular weight is 369 g/mol. The summed E-state index contributed by atoms with van der Waals surface area (Å²) in [6.45, 7) is 6.80. The Morgan fingerprint density at radius 3 is 2.52 bits per heavy atom. The minimum atomic E-state index is -2.95. The summed E-state index contributed by atoms with van der Waals surface area (Å²) in [6.07, 6.45) is 0.820. The smallest absolute Gasteiger partial charge is 0.220 e. The molecule has 1 N–H and O–H groups in total. The number of nitrogens with one attached hydrogen (secondary N) is 1. The molecule has 140 valence electrons. The van der Waals surface area contributed by atoms with Crippen LogP contribution in [0.3, 0.4) is 0 Å². The first-order valence-corrected chi connectivity index (χ1v) is 10.6. The van der Waals surface area contributed by atoms with Crippen LogP contribution in [-0.2, 0) is 14.6 Å². The Hall–Kier alpha value is -1.76. The van der Waals surface area contributed by atoms with Crippen molar-refractivity contribution >= 4 is 15.7 Å². The van der Waals surface area contributed by atoms with Crippen molar-refractivity contribution in [2.24, 2.45) is 5.92 Å². The van der Waals surface area contributed by atoms with Crippen molar-refractivity contribution in [3.8, 4) is 11.5 Å². The second kappa shape index (κ2) is 8.56. The predicted octanol–water partition coefficient (Wildman–Crippen LogP) is 2.49. The highest BCUT2D eigenvalue weighted by atomic mass is 32.2. The highest BCUT2D eigenvalue weighted by molar-refractivity contribution is 7.91. The van der Waals surface area contributed by atoms with Crippen molar-refractivity contribution in [3.05, 3.63) is 23.8 Å². The van der Waals surface area contributed by atoms with Gasteiger partial charge in [0, 0.05) is 6.42 Å². The van der Waals surface area contributed by atoms with Gasteiger partial charge in [-0.1, -0.05) is 6.07 Å².